The van der Waals surface area contributed by atoms with Crippen molar-refractivity contribution in [3.63, 3.8) is 0 Å². The first-order chi connectivity index (χ1) is 8.19. The molecule has 0 bridgehead atoms. The molecular weight excluding hydrogens is 236 g/mol. The molecule has 0 saturated carbocycles. The van der Waals surface area contributed by atoms with Gasteiger partial charge < -0.3 is 10.5 Å². The number of carbonyl (C=O) groups is 1. The van der Waals surface area contributed by atoms with Crippen LogP contribution in [0.5, 0.6) is 5.75 Å². The van der Waals surface area contributed by atoms with E-state index in [0.29, 0.717) is 16.7 Å². The van der Waals surface area contributed by atoms with Crippen molar-refractivity contribution in [2.45, 2.75) is 6.92 Å². The predicted molar refractivity (Wildman–Crippen MR) is 69.8 cm³/mol. The molecule has 0 spiro atoms. The van der Waals surface area contributed by atoms with Gasteiger partial charge in [0.25, 0.3) is 5.91 Å². The number of benzene rings is 1. The quantitative estimate of drug-likeness (QED) is 0.831. The van der Waals surface area contributed by atoms with Gasteiger partial charge in [0.1, 0.15) is 5.75 Å². The Morgan fingerprint density at radius 2 is 2.12 bits per heavy atom. The Balaban J connectivity index is 2.14. The highest BCUT2D eigenvalue weighted by Crippen LogP contribution is 2.26. The highest BCUT2D eigenvalue weighted by atomic mass is 32.2. The van der Waals surface area contributed by atoms with Crippen molar-refractivity contribution in [1.29, 1.82) is 0 Å². The van der Waals surface area contributed by atoms with E-state index in [2.05, 4.69) is 4.99 Å². The highest BCUT2D eigenvalue weighted by Gasteiger charge is 2.19. The van der Waals surface area contributed by atoms with Crippen LogP contribution < -0.4 is 10.5 Å². The number of amidine groups is 1. The lowest BCUT2D eigenvalue weighted by Gasteiger charge is -2.02. The molecule has 1 amide bonds. The van der Waals surface area contributed by atoms with Gasteiger partial charge in [0.05, 0.1) is 11.5 Å². The molecular formula is C12H12N2O2S. The van der Waals surface area contributed by atoms with Crippen molar-refractivity contribution in [3.05, 3.63) is 34.7 Å². The van der Waals surface area contributed by atoms with E-state index in [9.17, 15) is 4.79 Å². The Morgan fingerprint density at radius 1 is 1.41 bits per heavy atom. The van der Waals surface area contributed by atoms with Crippen LogP contribution in [0, 0.1) is 0 Å². The first-order valence-electron chi connectivity index (χ1n) is 5.20. The fourth-order valence-corrected chi connectivity index (χ4v) is 2.09. The molecule has 5 heteroatoms. The summed E-state index contributed by atoms with van der Waals surface area (Å²) in [6.45, 7) is 2.57. The van der Waals surface area contributed by atoms with Crippen LogP contribution >= 0.6 is 11.8 Å². The van der Waals surface area contributed by atoms with Gasteiger partial charge in [-0.3, -0.25) is 4.79 Å². The summed E-state index contributed by atoms with van der Waals surface area (Å²) in [6, 6.07) is 7.51. The number of nitrogens with two attached hydrogens (primary N) is 1. The third-order valence-electron chi connectivity index (χ3n) is 2.13. The molecule has 1 aromatic rings. The number of rotatable bonds is 3. The van der Waals surface area contributed by atoms with Crippen molar-refractivity contribution in [1.82, 2.24) is 0 Å². The number of aliphatic imine (C=N–C) groups is 1. The molecule has 1 aliphatic rings. The van der Waals surface area contributed by atoms with Crippen molar-refractivity contribution >= 4 is 28.9 Å². The minimum absolute atomic E-state index is 0.276. The van der Waals surface area contributed by atoms with E-state index in [4.69, 9.17) is 10.5 Å². The molecule has 88 valence electrons. The van der Waals surface area contributed by atoms with Crippen molar-refractivity contribution in [2.24, 2.45) is 10.7 Å². The first-order valence-corrected chi connectivity index (χ1v) is 6.01. The van der Waals surface area contributed by atoms with Gasteiger partial charge in [0.2, 0.25) is 0 Å². The predicted octanol–water partition coefficient (Wildman–Crippen LogP) is 2.01. The highest BCUT2D eigenvalue weighted by molar-refractivity contribution is 8.18. The number of thioether (sulfide) groups is 1. The number of hydrogen-bond acceptors (Lipinski definition) is 4. The molecule has 2 rings (SSSR count). The lowest BCUT2D eigenvalue weighted by Crippen LogP contribution is -2.01. The fraction of sp³-hybridized carbons (Fsp3) is 0.167. The van der Waals surface area contributed by atoms with Crippen LogP contribution in [-0.4, -0.2) is 17.7 Å². The molecule has 2 N–H and O–H groups in total. The number of ether oxygens (including phenoxy) is 1. The van der Waals surface area contributed by atoms with Crippen molar-refractivity contribution in [2.75, 3.05) is 6.61 Å². The van der Waals surface area contributed by atoms with Crippen molar-refractivity contribution in [3.8, 4) is 5.75 Å². The molecule has 1 heterocycles. The number of carbonyl (C=O) groups excluding carboxylic acids is 1. The average molecular weight is 248 g/mol. The second-order valence-corrected chi connectivity index (χ2v) is 4.43. The standard InChI is InChI=1S/C12H12N2O2S/c1-2-16-9-5-3-8(4-6-9)7-10-11(15)14-12(13)17-10/h3-7H,2H2,1H3,(H2,13,14,15)/b10-7-. The zero-order chi connectivity index (χ0) is 12.3. The SMILES string of the molecule is CCOc1ccc(/C=C2\SC(N)=NC2=O)cc1. The van der Waals surface area contributed by atoms with Gasteiger partial charge in [-0.25, -0.2) is 0 Å². The third-order valence-corrected chi connectivity index (χ3v) is 2.94. The summed E-state index contributed by atoms with van der Waals surface area (Å²) >= 11 is 1.19. The summed E-state index contributed by atoms with van der Waals surface area (Å²) < 4.78 is 5.33. The van der Waals surface area contributed by atoms with Gasteiger partial charge in [-0.05, 0) is 42.5 Å². The van der Waals surface area contributed by atoms with Gasteiger partial charge >= 0.3 is 0 Å². The maximum Gasteiger partial charge on any atom is 0.286 e. The topological polar surface area (TPSA) is 64.7 Å². The summed E-state index contributed by atoms with van der Waals surface area (Å²) in [5, 5.41) is 0.298. The summed E-state index contributed by atoms with van der Waals surface area (Å²) in [6.07, 6.45) is 1.77. The minimum Gasteiger partial charge on any atom is -0.494 e. The molecule has 1 aromatic carbocycles. The Morgan fingerprint density at radius 3 is 2.65 bits per heavy atom. The summed E-state index contributed by atoms with van der Waals surface area (Å²) in [5.74, 6) is 0.539. The van der Waals surface area contributed by atoms with Crippen LogP contribution in [-0.2, 0) is 4.79 Å². The molecule has 0 saturated heterocycles. The molecule has 0 unspecified atom stereocenters. The minimum atomic E-state index is -0.276. The maximum atomic E-state index is 11.4. The second kappa shape index (κ2) is 5.05. The lowest BCUT2D eigenvalue weighted by molar-refractivity contribution is -0.113. The number of amides is 1. The molecule has 0 aromatic heterocycles. The van der Waals surface area contributed by atoms with Gasteiger partial charge in [-0.1, -0.05) is 12.1 Å². The summed E-state index contributed by atoms with van der Waals surface area (Å²) in [7, 11) is 0. The smallest absolute Gasteiger partial charge is 0.286 e. The third kappa shape index (κ3) is 2.88. The number of nitrogens with zero attached hydrogens (tertiary/aromatic N) is 1. The molecule has 0 aliphatic carbocycles. The van der Waals surface area contributed by atoms with Gasteiger partial charge in [-0.2, -0.15) is 4.99 Å². The molecule has 0 fully saturated rings. The van der Waals surface area contributed by atoms with Gasteiger partial charge in [0, 0.05) is 0 Å². The maximum absolute atomic E-state index is 11.4. The molecule has 1 aliphatic heterocycles. The van der Waals surface area contributed by atoms with Crippen LogP contribution in [0.3, 0.4) is 0 Å². The monoisotopic (exact) mass is 248 g/mol. The van der Waals surface area contributed by atoms with E-state index < -0.39 is 0 Å². The fourth-order valence-electron chi connectivity index (χ4n) is 1.40. The van der Waals surface area contributed by atoms with E-state index in [-0.39, 0.29) is 5.91 Å². The molecule has 0 radical (unpaired) electrons. The van der Waals surface area contributed by atoms with Crippen LogP contribution in [0.2, 0.25) is 0 Å². The van der Waals surface area contributed by atoms with E-state index >= 15 is 0 Å². The number of hydrogen-bond donors (Lipinski definition) is 1. The summed E-state index contributed by atoms with van der Waals surface area (Å²) in [5.41, 5.74) is 6.39. The van der Waals surface area contributed by atoms with Crippen molar-refractivity contribution < 1.29 is 9.53 Å². The average Bonchev–Trinajstić information content (AvgIpc) is 2.61. The van der Waals surface area contributed by atoms with Crippen LogP contribution in [0.15, 0.2) is 34.2 Å². The second-order valence-electron chi connectivity index (χ2n) is 3.37. The largest absolute Gasteiger partial charge is 0.494 e. The normalized spacial score (nSPS) is 17.4. The zero-order valence-corrected chi connectivity index (χ0v) is 10.2. The van der Waals surface area contributed by atoms with Crippen LogP contribution in [0.4, 0.5) is 0 Å². The Labute approximate surface area is 104 Å². The van der Waals surface area contributed by atoms with E-state index in [1.165, 1.54) is 11.8 Å². The molecule has 0 atom stereocenters. The Bertz CT molecular complexity index is 492. The Kier molecular flexibility index (Phi) is 3.49. The van der Waals surface area contributed by atoms with Crippen LogP contribution in [0.25, 0.3) is 6.08 Å². The van der Waals surface area contributed by atoms with Crippen LogP contribution in [0.1, 0.15) is 12.5 Å². The summed E-state index contributed by atoms with van der Waals surface area (Å²) in [4.78, 5) is 15.6. The molecule has 4 nitrogen and oxygen atoms in total. The molecule has 17 heavy (non-hydrogen) atoms. The van der Waals surface area contributed by atoms with E-state index in [1.807, 2.05) is 31.2 Å². The first kappa shape index (κ1) is 11.7. The van der Waals surface area contributed by atoms with E-state index in [0.717, 1.165) is 11.3 Å². The zero-order valence-electron chi connectivity index (χ0n) is 9.34. The Hall–Kier alpha value is -1.75. The van der Waals surface area contributed by atoms with Gasteiger partial charge in [0.15, 0.2) is 5.17 Å². The van der Waals surface area contributed by atoms with Gasteiger partial charge in [-0.15, -0.1) is 0 Å². The lowest BCUT2D eigenvalue weighted by atomic mass is 10.2. The van der Waals surface area contributed by atoms with E-state index in [1.54, 1.807) is 6.08 Å².